The average Bonchev–Trinajstić information content (AvgIpc) is 2.18. The van der Waals surface area contributed by atoms with Crippen molar-refractivity contribution in [2.24, 2.45) is 0 Å². The highest BCUT2D eigenvalue weighted by Crippen LogP contribution is 2.14. The van der Waals surface area contributed by atoms with Gasteiger partial charge in [0.05, 0.1) is 13.2 Å². The van der Waals surface area contributed by atoms with Crippen LogP contribution in [0.15, 0.2) is 21.3 Å². The van der Waals surface area contributed by atoms with Crippen LogP contribution in [0.25, 0.3) is 0 Å². The van der Waals surface area contributed by atoms with Crippen LogP contribution in [-0.2, 0) is 4.74 Å². The molecule has 4 nitrogen and oxygen atoms in total. The predicted molar refractivity (Wildman–Crippen MR) is 52.7 cm³/mol. The number of anilines is 1. The zero-order chi connectivity index (χ0) is 9.97. The Morgan fingerprint density at radius 3 is 2.64 bits per heavy atom. The van der Waals surface area contributed by atoms with E-state index in [0.717, 1.165) is 32.0 Å². The van der Waals surface area contributed by atoms with Crippen LogP contribution in [0.3, 0.4) is 0 Å². The van der Waals surface area contributed by atoms with Crippen molar-refractivity contribution in [2.75, 3.05) is 31.2 Å². The van der Waals surface area contributed by atoms with E-state index in [1.54, 1.807) is 6.92 Å². The Balaban J connectivity index is 2.26. The van der Waals surface area contributed by atoms with Crippen LogP contribution >= 0.6 is 0 Å². The van der Waals surface area contributed by atoms with Crippen molar-refractivity contribution in [3.05, 3.63) is 28.3 Å². The summed E-state index contributed by atoms with van der Waals surface area (Å²) in [5.74, 6) is 0.652. The summed E-state index contributed by atoms with van der Waals surface area (Å²) in [6, 6.07) is 3.41. The van der Waals surface area contributed by atoms with Crippen LogP contribution in [0, 0.1) is 6.92 Å². The quantitative estimate of drug-likeness (QED) is 0.664. The number of ether oxygens (including phenoxy) is 1. The molecule has 0 saturated carbocycles. The number of hydrogen-bond acceptors (Lipinski definition) is 4. The summed E-state index contributed by atoms with van der Waals surface area (Å²) in [4.78, 5) is 13.3. The number of morpholine rings is 1. The molecule has 0 N–H and O–H groups in total. The lowest BCUT2D eigenvalue weighted by Crippen LogP contribution is -2.36. The average molecular weight is 195 g/mol. The Morgan fingerprint density at radius 1 is 1.29 bits per heavy atom. The first-order valence-corrected chi connectivity index (χ1v) is 4.70. The van der Waals surface area contributed by atoms with Crippen molar-refractivity contribution in [3.63, 3.8) is 0 Å². The van der Waals surface area contributed by atoms with Gasteiger partial charge in [0, 0.05) is 24.8 Å². The van der Waals surface area contributed by atoms with Gasteiger partial charge in [-0.3, -0.25) is 0 Å². The minimum atomic E-state index is -0.286. The molecule has 0 aromatic carbocycles. The van der Waals surface area contributed by atoms with E-state index in [1.807, 2.05) is 6.07 Å². The van der Waals surface area contributed by atoms with Gasteiger partial charge in [-0.05, 0) is 13.0 Å². The number of rotatable bonds is 1. The topological polar surface area (TPSA) is 42.7 Å². The molecule has 0 bridgehead atoms. The fourth-order valence-corrected chi connectivity index (χ4v) is 1.59. The Morgan fingerprint density at radius 2 is 2.00 bits per heavy atom. The van der Waals surface area contributed by atoms with E-state index in [-0.39, 0.29) is 5.63 Å². The summed E-state index contributed by atoms with van der Waals surface area (Å²) < 4.78 is 10.1. The summed E-state index contributed by atoms with van der Waals surface area (Å²) in [7, 11) is 0. The fraction of sp³-hybridized carbons (Fsp3) is 0.500. The smallest absolute Gasteiger partial charge is 0.337 e. The van der Waals surface area contributed by atoms with Gasteiger partial charge in [0.25, 0.3) is 0 Å². The zero-order valence-electron chi connectivity index (χ0n) is 8.16. The maximum absolute atomic E-state index is 11.1. The second kappa shape index (κ2) is 3.84. The molecule has 0 spiro atoms. The molecule has 0 aliphatic carbocycles. The summed E-state index contributed by atoms with van der Waals surface area (Å²) in [5, 5.41) is 0. The van der Waals surface area contributed by atoms with Crippen molar-refractivity contribution in [1.82, 2.24) is 0 Å². The van der Waals surface area contributed by atoms with E-state index >= 15 is 0 Å². The molecule has 14 heavy (non-hydrogen) atoms. The van der Waals surface area contributed by atoms with E-state index in [2.05, 4.69) is 4.90 Å². The molecule has 1 aliphatic heterocycles. The Labute approximate surface area is 82.1 Å². The molecule has 2 rings (SSSR count). The molecule has 1 fully saturated rings. The van der Waals surface area contributed by atoms with E-state index in [1.165, 1.54) is 6.07 Å². The molecule has 1 aliphatic rings. The summed E-state index contributed by atoms with van der Waals surface area (Å²) >= 11 is 0. The second-order valence-corrected chi connectivity index (χ2v) is 3.34. The van der Waals surface area contributed by atoms with Gasteiger partial charge in [-0.25, -0.2) is 4.79 Å². The molecule has 2 heterocycles. The lowest BCUT2D eigenvalue weighted by molar-refractivity contribution is 0.122. The van der Waals surface area contributed by atoms with Crippen LogP contribution < -0.4 is 10.5 Å². The third-order valence-electron chi connectivity index (χ3n) is 2.25. The summed E-state index contributed by atoms with van der Waals surface area (Å²) in [6.07, 6.45) is 0. The third kappa shape index (κ3) is 1.96. The minimum absolute atomic E-state index is 0.286. The van der Waals surface area contributed by atoms with Gasteiger partial charge in [-0.1, -0.05) is 0 Å². The van der Waals surface area contributed by atoms with Gasteiger partial charge in [0.15, 0.2) is 0 Å². The first-order valence-electron chi connectivity index (χ1n) is 4.70. The second-order valence-electron chi connectivity index (χ2n) is 3.34. The monoisotopic (exact) mass is 195 g/mol. The van der Waals surface area contributed by atoms with Crippen molar-refractivity contribution in [3.8, 4) is 0 Å². The normalized spacial score (nSPS) is 17.1. The molecule has 1 saturated heterocycles. The first-order chi connectivity index (χ1) is 6.75. The van der Waals surface area contributed by atoms with Crippen LogP contribution in [0.5, 0.6) is 0 Å². The van der Waals surface area contributed by atoms with Crippen LogP contribution in [0.1, 0.15) is 5.76 Å². The maximum Gasteiger partial charge on any atom is 0.337 e. The van der Waals surface area contributed by atoms with Crippen LogP contribution in [0.4, 0.5) is 5.69 Å². The van der Waals surface area contributed by atoms with Crippen molar-refractivity contribution in [1.29, 1.82) is 0 Å². The molecule has 1 aromatic heterocycles. The Bertz CT molecular complexity index is 366. The van der Waals surface area contributed by atoms with E-state index in [0.29, 0.717) is 5.76 Å². The van der Waals surface area contributed by atoms with E-state index in [4.69, 9.17) is 9.15 Å². The first kappa shape index (κ1) is 9.27. The Hall–Kier alpha value is -1.29. The highest BCUT2D eigenvalue weighted by atomic mass is 16.5. The minimum Gasteiger partial charge on any atom is -0.428 e. The predicted octanol–water partition coefficient (Wildman–Crippen LogP) is 0.785. The summed E-state index contributed by atoms with van der Waals surface area (Å²) in [5.41, 5.74) is 0.647. The van der Waals surface area contributed by atoms with Crippen molar-refractivity contribution >= 4 is 5.69 Å². The molecular formula is C10H13NO3. The maximum atomic E-state index is 11.1. The number of nitrogens with zero attached hydrogens (tertiary/aromatic N) is 1. The zero-order valence-corrected chi connectivity index (χ0v) is 8.16. The number of hydrogen-bond donors (Lipinski definition) is 0. The van der Waals surface area contributed by atoms with Gasteiger partial charge < -0.3 is 14.1 Å². The summed E-state index contributed by atoms with van der Waals surface area (Å²) in [6.45, 7) is 4.90. The molecule has 0 amide bonds. The molecule has 0 unspecified atom stereocenters. The highest BCUT2D eigenvalue weighted by Gasteiger charge is 2.12. The largest absolute Gasteiger partial charge is 0.428 e. The van der Waals surface area contributed by atoms with Crippen LogP contribution in [-0.4, -0.2) is 26.3 Å². The van der Waals surface area contributed by atoms with Crippen molar-refractivity contribution in [2.45, 2.75) is 6.92 Å². The van der Waals surface area contributed by atoms with E-state index in [9.17, 15) is 4.79 Å². The third-order valence-corrected chi connectivity index (χ3v) is 2.25. The highest BCUT2D eigenvalue weighted by molar-refractivity contribution is 5.45. The standard InChI is InChI=1S/C10H13NO3/c1-8-6-9(7-10(12)14-8)11-2-4-13-5-3-11/h6-7H,2-5H2,1H3. The molecule has 0 atom stereocenters. The van der Waals surface area contributed by atoms with Gasteiger partial charge >= 0.3 is 5.63 Å². The lowest BCUT2D eigenvalue weighted by atomic mass is 10.3. The van der Waals surface area contributed by atoms with Gasteiger partial charge in [0.2, 0.25) is 0 Å². The fourth-order valence-electron chi connectivity index (χ4n) is 1.59. The molecule has 4 heteroatoms. The molecule has 76 valence electrons. The molecular weight excluding hydrogens is 182 g/mol. The molecule has 0 radical (unpaired) electrons. The Kier molecular flexibility index (Phi) is 2.54. The van der Waals surface area contributed by atoms with Gasteiger partial charge in [-0.15, -0.1) is 0 Å². The van der Waals surface area contributed by atoms with Crippen LogP contribution in [0.2, 0.25) is 0 Å². The van der Waals surface area contributed by atoms with Gasteiger partial charge in [-0.2, -0.15) is 0 Å². The number of aryl methyl sites for hydroxylation is 1. The van der Waals surface area contributed by atoms with Crippen molar-refractivity contribution < 1.29 is 9.15 Å². The van der Waals surface area contributed by atoms with Gasteiger partial charge in [0.1, 0.15) is 5.76 Å². The SMILES string of the molecule is Cc1cc(N2CCOCC2)cc(=O)o1. The molecule has 1 aromatic rings. The lowest BCUT2D eigenvalue weighted by Gasteiger charge is -2.28. The van der Waals surface area contributed by atoms with E-state index < -0.39 is 0 Å².